The van der Waals surface area contributed by atoms with Crippen LogP contribution in [0.3, 0.4) is 0 Å². The molecule has 1 saturated carbocycles. The van der Waals surface area contributed by atoms with Crippen molar-refractivity contribution in [2.45, 2.75) is 229 Å². The topological polar surface area (TPSA) is 267 Å². The lowest BCUT2D eigenvalue weighted by molar-refractivity contribution is -0.167. The van der Waals surface area contributed by atoms with Gasteiger partial charge >= 0.3 is 19.8 Å². The molecule has 0 amide bonds. The number of fused-ring (bicyclic) bond motifs is 4. The number of allylic oxidation sites excluding steroid dienone is 4. The van der Waals surface area contributed by atoms with E-state index in [1.54, 1.807) is 0 Å². The summed E-state index contributed by atoms with van der Waals surface area (Å²) >= 11 is 0. The minimum absolute atomic E-state index is 0.00509. The maximum Gasteiger partial charge on any atom is 0.472 e. The number of aliphatic hydroxyl groups is 7. The number of esters is 2. The van der Waals surface area contributed by atoms with Crippen LogP contribution in [0, 0.1) is 11.8 Å². The van der Waals surface area contributed by atoms with E-state index >= 15 is 0 Å². The van der Waals surface area contributed by atoms with Gasteiger partial charge in [0.1, 0.15) is 36.8 Å². The summed E-state index contributed by atoms with van der Waals surface area (Å²) < 4.78 is 34.7. The lowest BCUT2D eigenvalue weighted by Gasteiger charge is -2.37. The number of phosphoric ester groups is 1. The molecule has 1 aliphatic carbocycles. The second-order valence-electron chi connectivity index (χ2n) is 18.1. The first-order valence-electron chi connectivity index (χ1n) is 24.9. The maximum absolute atomic E-state index is 13.7. The second-order valence-corrected chi connectivity index (χ2v) is 19.5. The van der Waals surface area contributed by atoms with Crippen LogP contribution in [0.25, 0.3) is 0 Å². The van der Waals surface area contributed by atoms with Crippen molar-refractivity contribution < 1.29 is 78.1 Å². The minimum Gasteiger partial charge on any atom is -0.462 e. The molecule has 0 aromatic rings. The van der Waals surface area contributed by atoms with Crippen LogP contribution in [0.1, 0.15) is 174 Å². The third-order valence-corrected chi connectivity index (χ3v) is 13.3. The molecule has 0 aromatic heterocycles. The smallest absolute Gasteiger partial charge is 0.462 e. The Morgan fingerprint density at radius 2 is 1.35 bits per heavy atom. The maximum atomic E-state index is 13.7. The lowest BCUT2D eigenvalue weighted by atomic mass is 9.82. The molecule has 0 spiro atoms. The first-order chi connectivity index (χ1) is 31.6. The van der Waals surface area contributed by atoms with Gasteiger partial charge in [0.25, 0.3) is 0 Å². The molecule has 382 valence electrons. The highest BCUT2D eigenvalue weighted by atomic mass is 31.2. The number of hydrogen-bond acceptors (Lipinski definition) is 15. The molecule has 1 aliphatic heterocycles. The zero-order chi connectivity index (χ0) is 48.7. The Labute approximate surface area is 393 Å². The summed E-state index contributed by atoms with van der Waals surface area (Å²) in [7, 11) is -5.46. The quantitative estimate of drug-likeness (QED) is 0.0228. The van der Waals surface area contributed by atoms with E-state index in [0.29, 0.717) is 44.9 Å². The van der Waals surface area contributed by atoms with Crippen molar-refractivity contribution in [2.24, 2.45) is 11.8 Å². The van der Waals surface area contributed by atoms with E-state index in [9.17, 15) is 59.6 Å². The number of Topliss-reactive ketones (excluding diaryl/α,β-unsaturated/α-hetero) is 1. The zero-order valence-corrected chi connectivity index (χ0v) is 40.6. The molecule has 1 unspecified atom stereocenters. The summed E-state index contributed by atoms with van der Waals surface area (Å²) in [4.78, 5) is 50.2. The van der Waals surface area contributed by atoms with Crippen LogP contribution < -0.4 is 0 Å². The normalized spacial score (nSPS) is 31.1. The molecule has 17 heteroatoms. The molecular formula is C49H85O16P. The number of unbranched alkanes of at least 4 members (excludes halogenated alkanes) is 12. The fraction of sp³-hybridized carbons (Fsp3) is 0.816. The number of cyclic esters (lactones) is 1. The van der Waals surface area contributed by atoms with Crippen LogP contribution >= 0.6 is 7.82 Å². The molecule has 1 heterocycles. The molecule has 0 aromatic carbocycles. The van der Waals surface area contributed by atoms with Crippen LogP contribution in [0.4, 0.5) is 0 Å². The highest BCUT2D eigenvalue weighted by molar-refractivity contribution is 7.47. The van der Waals surface area contributed by atoms with Gasteiger partial charge in [-0.3, -0.25) is 23.4 Å². The third-order valence-electron chi connectivity index (χ3n) is 12.4. The van der Waals surface area contributed by atoms with Crippen molar-refractivity contribution >= 4 is 25.5 Å². The molecule has 2 rings (SSSR count). The van der Waals surface area contributed by atoms with Gasteiger partial charge < -0.3 is 50.1 Å². The van der Waals surface area contributed by atoms with Gasteiger partial charge in [0.2, 0.25) is 0 Å². The van der Waals surface area contributed by atoms with E-state index in [0.717, 1.165) is 76.7 Å². The minimum atomic E-state index is -5.46. The predicted octanol–water partition coefficient (Wildman–Crippen LogP) is 6.76. The monoisotopic (exact) mass is 961 g/mol. The van der Waals surface area contributed by atoms with Gasteiger partial charge in [-0.05, 0) is 57.8 Å². The fourth-order valence-corrected chi connectivity index (χ4v) is 9.22. The highest BCUT2D eigenvalue weighted by Crippen LogP contribution is 2.47. The Bertz CT molecular complexity index is 1470. The molecule has 2 aliphatic rings. The van der Waals surface area contributed by atoms with Crippen molar-refractivity contribution in [3.05, 3.63) is 36.5 Å². The van der Waals surface area contributed by atoms with Crippen LogP contribution in [-0.4, -0.2) is 127 Å². The average Bonchev–Trinajstić information content (AvgIpc) is 3.28. The highest BCUT2D eigenvalue weighted by Gasteiger charge is 2.49. The number of ketones is 1. The number of ether oxygens (including phenoxy) is 2. The molecule has 2 fully saturated rings. The van der Waals surface area contributed by atoms with Gasteiger partial charge in [-0.15, -0.1) is 0 Å². The average molecular weight is 961 g/mol. The van der Waals surface area contributed by atoms with Crippen LogP contribution in [0.15, 0.2) is 36.5 Å². The van der Waals surface area contributed by atoms with Crippen LogP contribution in [0.5, 0.6) is 0 Å². The number of carbonyl (C=O) groups excluding carboxylic acids is 3. The Hall–Kier alpha value is -2.34. The summed E-state index contributed by atoms with van der Waals surface area (Å²) in [5, 5.41) is 78.7. The van der Waals surface area contributed by atoms with E-state index in [1.165, 1.54) is 25.3 Å². The largest absolute Gasteiger partial charge is 0.472 e. The molecule has 8 N–H and O–H groups in total. The molecule has 16 nitrogen and oxygen atoms in total. The molecule has 0 radical (unpaired) electrons. The SMILES string of the molecule is CCCCC/C=C\C/C=C\CCCCCCCCCC(=O)O[C@@H]1COC(=O)CCCCCC[C@@H]2[C@@H](O)[C@H](O)[C@@H](O)[C@H](OP(=O)(O)OC1)[C@H](O)[C@H](O)[C@@H](/C=C/[C@@H](O)CCCCC)C(=O)C[C@@H]2O. The van der Waals surface area contributed by atoms with Gasteiger partial charge in [-0.2, -0.15) is 0 Å². The van der Waals surface area contributed by atoms with Crippen molar-refractivity contribution in [1.82, 2.24) is 0 Å². The van der Waals surface area contributed by atoms with Crippen molar-refractivity contribution in [3.63, 3.8) is 0 Å². The van der Waals surface area contributed by atoms with Crippen LogP contribution in [0.2, 0.25) is 0 Å². The molecule has 12 atom stereocenters. The molecular weight excluding hydrogens is 875 g/mol. The van der Waals surface area contributed by atoms with Gasteiger partial charge in [0, 0.05) is 25.2 Å². The van der Waals surface area contributed by atoms with Crippen molar-refractivity contribution in [1.29, 1.82) is 0 Å². The zero-order valence-electron chi connectivity index (χ0n) is 39.7. The van der Waals surface area contributed by atoms with Gasteiger partial charge in [-0.25, -0.2) is 4.57 Å². The fourth-order valence-electron chi connectivity index (χ4n) is 8.24. The second kappa shape index (κ2) is 34.9. The number of carbonyl (C=O) groups is 3. The number of phosphoric acid groups is 1. The summed E-state index contributed by atoms with van der Waals surface area (Å²) in [6, 6.07) is 0. The lowest BCUT2D eigenvalue weighted by Crippen LogP contribution is -2.55. The first-order valence-corrected chi connectivity index (χ1v) is 26.4. The van der Waals surface area contributed by atoms with E-state index in [-0.39, 0.29) is 19.3 Å². The van der Waals surface area contributed by atoms with E-state index in [4.69, 9.17) is 18.5 Å². The molecule has 1 saturated heterocycles. The standard InChI is InChI=1S/C49H85O16P/c1-3-5-7-8-9-10-11-12-13-14-15-16-17-18-19-20-26-30-43(54)64-37-34-62-42(53)29-25-22-21-24-28-38-40(51)33-41(52)39(32-31-36(50)27-23-6-4-2)45(56)47(58)49(48(59)46(57)44(38)55)65-66(60,61)63-35-37/h9-10,12-13,31-32,36-40,44-51,55-59H,3-8,11,14-30,33-35H2,1-2H3,(H,60,61)/b10-9-,13-12-,32-31+/t36-,37+,38-,39-,40-,44+,45+,46-,47+,48+,49+/m0/s1. The summed E-state index contributed by atoms with van der Waals surface area (Å²) in [5.41, 5.74) is 0. The number of hydrogen-bond donors (Lipinski definition) is 8. The Balaban J connectivity index is 2.14. The first kappa shape index (κ1) is 59.8. The van der Waals surface area contributed by atoms with Gasteiger partial charge in [-0.1, -0.05) is 134 Å². The van der Waals surface area contributed by atoms with Crippen molar-refractivity contribution in [2.75, 3.05) is 13.2 Å². The van der Waals surface area contributed by atoms with Crippen LogP contribution in [-0.2, 0) is 37.5 Å². The van der Waals surface area contributed by atoms with E-state index in [1.807, 2.05) is 6.92 Å². The number of rotatable bonds is 23. The number of aliphatic hydroxyl groups excluding tert-OH is 7. The molecule has 66 heavy (non-hydrogen) atoms. The van der Waals surface area contributed by atoms with E-state index < -0.39 is 112 Å². The van der Waals surface area contributed by atoms with E-state index in [2.05, 4.69) is 31.2 Å². The third kappa shape index (κ3) is 24.8. The summed E-state index contributed by atoms with van der Waals surface area (Å²) in [6.07, 6.45) is 11.0. The Morgan fingerprint density at radius 3 is 2.03 bits per heavy atom. The van der Waals surface area contributed by atoms with Gasteiger partial charge in [0.05, 0.1) is 36.9 Å². The predicted molar refractivity (Wildman–Crippen MR) is 250 cm³/mol. The van der Waals surface area contributed by atoms with Crippen molar-refractivity contribution in [3.8, 4) is 0 Å². The molecule has 2 bridgehead atoms. The Morgan fingerprint density at radius 1 is 0.742 bits per heavy atom. The summed E-state index contributed by atoms with van der Waals surface area (Å²) in [5.74, 6) is -5.00. The van der Waals surface area contributed by atoms with Gasteiger partial charge in [0.15, 0.2) is 6.10 Å². The summed E-state index contributed by atoms with van der Waals surface area (Å²) in [6.45, 7) is 2.79. The Kier molecular flexibility index (Phi) is 31.6.